The molecular formula is C20H15FN4O2S2. The Labute approximate surface area is 174 Å². The molecule has 6 nitrogen and oxygen atoms in total. The van der Waals surface area contributed by atoms with Gasteiger partial charge in [-0.3, -0.25) is 4.79 Å². The van der Waals surface area contributed by atoms with E-state index >= 15 is 0 Å². The number of thioether (sulfide) groups is 1. The summed E-state index contributed by atoms with van der Waals surface area (Å²) in [5.74, 6) is -0.326. The maximum absolute atomic E-state index is 13.3. The van der Waals surface area contributed by atoms with Crippen LogP contribution in [0.15, 0.2) is 63.6 Å². The zero-order valence-corrected chi connectivity index (χ0v) is 16.9. The number of nitrogens with zero attached hydrogens (tertiary/aromatic N) is 3. The molecule has 0 aliphatic carbocycles. The zero-order chi connectivity index (χ0) is 20.2. The lowest BCUT2D eigenvalue weighted by atomic mass is 10.1. The smallest absolute Gasteiger partial charge is 0.277 e. The maximum atomic E-state index is 13.3. The van der Waals surface area contributed by atoms with Gasteiger partial charge in [-0.15, -0.1) is 21.5 Å². The number of hydrogen-bond donors (Lipinski definition) is 1. The number of hydrogen-bond acceptors (Lipinski definition) is 7. The Morgan fingerprint density at radius 2 is 2.00 bits per heavy atom. The van der Waals surface area contributed by atoms with Gasteiger partial charge in [0.05, 0.1) is 11.4 Å². The molecule has 4 aromatic rings. The van der Waals surface area contributed by atoms with E-state index in [1.54, 1.807) is 12.1 Å². The van der Waals surface area contributed by atoms with Gasteiger partial charge in [0.25, 0.3) is 5.22 Å². The highest BCUT2D eigenvalue weighted by Gasteiger charge is 2.13. The standard InChI is InChI=1S/C20H15FN4O2S2/c1-12-5-7-13(8-6-12)16-10-28-19(22-16)23-17(26)11-29-20-25-24-18(27-20)14-3-2-4-15(21)9-14/h2-10H,11H2,1H3,(H,22,23,26). The van der Waals surface area contributed by atoms with Gasteiger partial charge in [-0.05, 0) is 25.1 Å². The van der Waals surface area contributed by atoms with Crippen molar-refractivity contribution in [3.05, 3.63) is 65.3 Å². The largest absolute Gasteiger partial charge is 0.411 e. The van der Waals surface area contributed by atoms with Crippen LogP contribution in [0.2, 0.25) is 0 Å². The van der Waals surface area contributed by atoms with Crippen molar-refractivity contribution in [1.29, 1.82) is 0 Å². The van der Waals surface area contributed by atoms with Gasteiger partial charge < -0.3 is 9.73 Å². The van der Waals surface area contributed by atoms with E-state index in [-0.39, 0.29) is 28.6 Å². The lowest BCUT2D eigenvalue weighted by Gasteiger charge is -2.00. The first-order valence-corrected chi connectivity index (χ1v) is 10.5. The predicted molar refractivity (Wildman–Crippen MR) is 111 cm³/mol. The van der Waals surface area contributed by atoms with Crippen molar-refractivity contribution in [2.24, 2.45) is 0 Å². The van der Waals surface area contributed by atoms with E-state index in [2.05, 4.69) is 20.5 Å². The molecule has 1 N–H and O–H groups in total. The highest BCUT2D eigenvalue weighted by atomic mass is 32.2. The van der Waals surface area contributed by atoms with Gasteiger partial charge in [-0.1, -0.05) is 47.7 Å². The normalized spacial score (nSPS) is 10.8. The topological polar surface area (TPSA) is 80.9 Å². The van der Waals surface area contributed by atoms with Crippen LogP contribution in [0.1, 0.15) is 5.56 Å². The molecule has 0 fully saturated rings. The fourth-order valence-electron chi connectivity index (χ4n) is 2.48. The molecule has 0 unspecified atom stereocenters. The number of halogens is 1. The van der Waals surface area contributed by atoms with Gasteiger partial charge in [0.1, 0.15) is 5.82 Å². The van der Waals surface area contributed by atoms with Crippen LogP contribution in [-0.4, -0.2) is 26.8 Å². The molecule has 2 heterocycles. The minimum atomic E-state index is -0.386. The second kappa shape index (κ2) is 8.54. The van der Waals surface area contributed by atoms with E-state index < -0.39 is 0 Å². The molecule has 0 saturated carbocycles. The lowest BCUT2D eigenvalue weighted by molar-refractivity contribution is -0.113. The van der Waals surface area contributed by atoms with E-state index in [1.807, 2.05) is 36.6 Å². The fraction of sp³-hybridized carbons (Fsp3) is 0.100. The SMILES string of the molecule is Cc1ccc(-c2csc(NC(=O)CSc3nnc(-c4cccc(F)c4)o3)n2)cc1. The van der Waals surface area contributed by atoms with Crippen molar-refractivity contribution in [2.75, 3.05) is 11.1 Å². The van der Waals surface area contributed by atoms with E-state index in [4.69, 9.17) is 4.42 Å². The molecule has 0 spiro atoms. The molecule has 2 aromatic heterocycles. The Balaban J connectivity index is 1.33. The number of aryl methyl sites for hydroxylation is 1. The summed E-state index contributed by atoms with van der Waals surface area (Å²) in [6.45, 7) is 2.03. The number of thiazole rings is 1. The Morgan fingerprint density at radius 3 is 2.79 bits per heavy atom. The number of anilines is 1. The summed E-state index contributed by atoms with van der Waals surface area (Å²) in [6.07, 6.45) is 0. The quantitative estimate of drug-likeness (QED) is 0.435. The fourth-order valence-corrected chi connectivity index (χ4v) is 3.78. The van der Waals surface area contributed by atoms with Crippen LogP contribution in [0, 0.1) is 12.7 Å². The summed E-state index contributed by atoms with van der Waals surface area (Å²) >= 11 is 2.47. The van der Waals surface area contributed by atoms with Crippen molar-refractivity contribution in [1.82, 2.24) is 15.2 Å². The molecule has 0 aliphatic heterocycles. The van der Waals surface area contributed by atoms with Crippen LogP contribution in [0.4, 0.5) is 9.52 Å². The molecule has 0 bridgehead atoms. The minimum Gasteiger partial charge on any atom is -0.411 e. The van der Waals surface area contributed by atoms with Crippen molar-refractivity contribution < 1.29 is 13.6 Å². The molecule has 146 valence electrons. The Morgan fingerprint density at radius 1 is 1.17 bits per heavy atom. The first-order chi connectivity index (χ1) is 14.1. The monoisotopic (exact) mass is 426 g/mol. The molecular weight excluding hydrogens is 411 g/mol. The lowest BCUT2D eigenvalue weighted by Crippen LogP contribution is -2.13. The number of carbonyl (C=O) groups is 1. The summed E-state index contributed by atoms with van der Waals surface area (Å²) in [5.41, 5.74) is 3.48. The van der Waals surface area contributed by atoms with E-state index in [1.165, 1.54) is 29.0 Å². The van der Waals surface area contributed by atoms with Crippen LogP contribution in [0.3, 0.4) is 0 Å². The van der Waals surface area contributed by atoms with Gasteiger partial charge >= 0.3 is 0 Å². The Hall–Kier alpha value is -3.04. The summed E-state index contributed by atoms with van der Waals surface area (Å²) in [7, 11) is 0. The summed E-state index contributed by atoms with van der Waals surface area (Å²) in [5, 5.41) is 13.2. The third kappa shape index (κ3) is 4.87. The van der Waals surface area contributed by atoms with E-state index in [9.17, 15) is 9.18 Å². The Kier molecular flexibility index (Phi) is 5.68. The van der Waals surface area contributed by atoms with Crippen LogP contribution < -0.4 is 5.32 Å². The second-order valence-electron chi connectivity index (χ2n) is 6.12. The zero-order valence-electron chi connectivity index (χ0n) is 15.3. The minimum absolute atomic E-state index is 0.0875. The summed E-state index contributed by atoms with van der Waals surface area (Å²) in [6, 6.07) is 13.9. The summed E-state index contributed by atoms with van der Waals surface area (Å²) in [4.78, 5) is 16.6. The highest BCUT2D eigenvalue weighted by molar-refractivity contribution is 7.99. The second-order valence-corrected chi connectivity index (χ2v) is 7.91. The molecule has 2 aromatic carbocycles. The van der Waals surface area contributed by atoms with Gasteiger partial charge in [0, 0.05) is 16.5 Å². The Bertz CT molecular complexity index is 1140. The first-order valence-electron chi connectivity index (χ1n) is 8.61. The van der Waals surface area contributed by atoms with Gasteiger partial charge in [-0.25, -0.2) is 9.37 Å². The molecule has 29 heavy (non-hydrogen) atoms. The summed E-state index contributed by atoms with van der Waals surface area (Å²) < 4.78 is 18.8. The van der Waals surface area contributed by atoms with Gasteiger partial charge in [0.15, 0.2) is 5.13 Å². The average Bonchev–Trinajstić information content (AvgIpc) is 3.37. The van der Waals surface area contributed by atoms with E-state index in [0.29, 0.717) is 10.7 Å². The number of rotatable bonds is 6. The number of carbonyl (C=O) groups excluding carboxylic acids is 1. The van der Waals surface area contributed by atoms with Crippen molar-refractivity contribution >= 4 is 34.1 Å². The number of amides is 1. The van der Waals surface area contributed by atoms with Crippen LogP contribution in [0.5, 0.6) is 0 Å². The highest BCUT2D eigenvalue weighted by Crippen LogP contribution is 2.26. The van der Waals surface area contributed by atoms with Gasteiger partial charge in [-0.2, -0.15) is 0 Å². The molecule has 0 saturated heterocycles. The predicted octanol–water partition coefficient (Wildman–Crippen LogP) is 5.04. The molecule has 1 amide bonds. The number of aromatic nitrogens is 3. The number of benzene rings is 2. The third-order valence-corrected chi connectivity index (χ3v) is 5.48. The molecule has 4 rings (SSSR count). The van der Waals surface area contributed by atoms with Crippen molar-refractivity contribution in [2.45, 2.75) is 12.1 Å². The third-order valence-electron chi connectivity index (χ3n) is 3.90. The molecule has 0 atom stereocenters. The van der Waals surface area contributed by atoms with Crippen LogP contribution in [0.25, 0.3) is 22.7 Å². The van der Waals surface area contributed by atoms with Crippen LogP contribution >= 0.6 is 23.1 Å². The van der Waals surface area contributed by atoms with Crippen molar-refractivity contribution in [3.63, 3.8) is 0 Å². The van der Waals surface area contributed by atoms with Crippen LogP contribution in [-0.2, 0) is 4.79 Å². The van der Waals surface area contributed by atoms with Gasteiger partial charge in [0.2, 0.25) is 11.8 Å². The first kappa shape index (κ1) is 19.3. The number of nitrogens with one attached hydrogen (secondary N) is 1. The average molecular weight is 426 g/mol. The maximum Gasteiger partial charge on any atom is 0.277 e. The molecule has 9 heteroatoms. The van der Waals surface area contributed by atoms with Crippen molar-refractivity contribution in [3.8, 4) is 22.7 Å². The molecule has 0 radical (unpaired) electrons. The molecule has 0 aliphatic rings. The van der Waals surface area contributed by atoms with E-state index in [0.717, 1.165) is 23.0 Å².